The fourth-order valence-corrected chi connectivity index (χ4v) is 6.49. The quantitative estimate of drug-likeness (QED) is 0.408. The molecule has 8 heteroatoms. The maximum absolute atomic E-state index is 9.54. The van der Waals surface area contributed by atoms with Crippen LogP contribution in [0, 0.1) is 36.5 Å². The molecule has 0 bridgehead atoms. The Kier molecular flexibility index (Phi) is 8.68. The molecule has 200 valence electrons. The first-order valence-electron chi connectivity index (χ1n) is 13.6. The number of para-hydroxylation sites is 1. The summed E-state index contributed by atoms with van der Waals surface area (Å²) >= 11 is 1.85. The van der Waals surface area contributed by atoms with Crippen LogP contribution in [-0.2, 0) is 6.54 Å². The van der Waals surface area contributed by atoms with E-state index in [1.54, 1.807) is 6.20 Å². The van der Waals surface area contributed by atoms with Gasteiger partial charge in [-0.2, -0.15) is 10.5 Å². The lowest BCUT2D eigenvalue weighted by atomic mass is 10.1. The van der Waals surface area contributed by atoms with Crippen LogP contribution < -0.4 is 9.80 Å². The third-order valence-electron chi connectivity index (χ3n) is 7.65. The highest BCUT2D eigenvalue weighted by molar-refractivity contribution is 7.97. The van der Waals surface area contributed by atoms with Gasteiger partial charge in [-0.15, -0.1) is 0 Å². The zero-order chi connectivity index (χ0) is 27.2. The fraction of sp³-hybridized carbons (Fsp3) is 0.387. The molecule has 0 aliphatic carbocycles. The normalized spacial score (nSPS) is 16.9. The summed E-state index contributed by atoms with van der Waals surface area (Å²) in [5.74, 6) is 0.797. The minimum Gasteiger partial charge on any atom is -0.369 e. The third kappa shape index (κ3) is 6.37. The monoisotopic (exact) mass is 537 g/mol. The molecule has 3 heterocycles. The van der Waals surface area contributed by atoms with Crippen LogP contribution in [0.2, 0.25) is 0 Å². The molecule has 39 heavy (non-hydrogen) atoms. The predicted octanol–water partition coefficient (Wildman–Crippen LogP) is 4.98. The Labute approximate surface area is 236 Å². The zero-order valence-corrected chi connectivity index (χ0v) is 23.6. The molecule has 0 amide bonds. The highest BCUT2D eigenvalue weighted by Crippen LogP contribution is 2.31. The van der Waals surface area contributed by atoms with Gasteiger partial charge in [-0.1, -0.05) is 18.2 Å². The molecule has 0 unspecified atom stereocenters. The summed E-state index contributed by atoms with van der Waals surface area (Å²) in [6, 6.07) is 20.9. The third-order valence-corrected chi connectivity index (χ3v) is 8.91. The Morgan fingerprint density at radius 3 is 2.33 bits per heavy atom. The van der Waals surface area contributed by atoms with Crippen LogP contribution in [0.3, 0.4) is 0 Å². The van der Waals surface area contributed by atoms with Crippen LogP contribution >= 0.6 is 11.9 Å². The summed E-state index contributed by atoms with van der Waals surface area (Å²) in [5.41, 5.74) is 6.50. The van der Waals surface area contributed by atoms with Gasteiger partial charge in [0.1, 0.15) is 18.0 Å². The number of nitrogens with zero attached hydrogens (tertiary/aromatic N) is 7. The van der Waals surface area contributed by atoms with Crippen molar-refractivity contribution >= 4 is 23.5 Å². The largest absolute Gasteiger partial charge is 0.369 e. The molecule has 3 aromatic rings. The summed E-state index contributed by atoms with van der Waals surface area (Å²) in [4.78, 5) is 12.9. The van der Waals surface area contributed by atoms with Gasteiger partial charge in [0.15, 0.2) is 0 Å². The number of pyridine rings is 1. The van der Waals surface area contributed by atoms with E-state index in [2.05, 4.69) is 68.2 Å². The highest BCUT2D eigenvalue weighted by Gasteiger charge is 2.22. The standard InChI is InChI=1S/C31H35N7S/c1-24-19-25(2)30(39-38-17-15-37(16-18-38)31-27(22-33)8-5-10-34-31)20-28(24)23-35-11-6-12-36(14-13-35)29-9-4-3-7-26(29)21-32/h3-5,7-10,19-20H,6,11-18,23H2,1-2H3. The van der Waals surface area contributed by atoms with Crippen molar-refractivity contribution in [1.29, 1.82) is 10.5 Å². The van der Waals surface area contributed by atoms with Crippen molar-refractivity contribution in [3.8, 4) is 12.1 Å². The number of aryl methyl sites for hydroxylation is 2. The first kappa shape index (κ1) is 27.0. The molecular weight excluding hydrogens is 502 g/mol. The second-order valence-corrected chi connectivity index (χ2v) is 11.4. The van der Waals surface area contributed by atoms with Gasteiger partial charge in [-0.3, -0.25) is 4.90 Å². The van der Waals surface area contributed by atoms with Crippen molar-refractivity contribution in [1.82, 2.24) is 14.2 Å². The number of piperazine rings is 1. The average Bonchev–Trinajstić information content (AvgIpc) is 3.21. The highest BCUT2D eigenvalue weighted by atomic mass is 32.2. The average molecular weight is 538 g/mol. The number of anilines is 2. The van der Waals surface area contributed by atoms with E-state index in [-0.39, 0.29) is 0 Å². The van der Waals surface area contributed by atoms with Gasteiger partial charge in [0, 0.05) is 70.0 Å². The molecule has 2 aliphatic heterocycles. The number of nitriles is 2. The molecule has 7 nitrogen and oxygen atoms in total. The lowest BCUT2D eigenvalue weighted by Gasteiger charge is -2.35. The molecule has 5 rings (SSSR count). The molecule has 0 saturated carbocycles. The van der Waals surface area contributed by atoms with Crippen LogP contribution in [0.1, 0.15) is 34.2 Å². The molecule has 0 spiro atoms. The maximum Gasteiger partial charge on any atom is 0.146 e. The van der Waals surface area contributed by atoms with Crippen LogP contribution in [0.25, 0.3) is 0 Å². The van der Waals surface area contributed by atoms with E-state index < -0.39 is 0 Å². The van der Waals surface area contributed by atoms with Crippen molar-refractivity contribution in [3.63, 3.8) is 0 Å². The Hall–Kier alpha value is -3.56. The van der Waals surface area contributed by atoms with Crippen molar-refractivity contribution in [2.24, 2.45) is 0 Å². The van der Waals surface area contributed by atoms with E-state index in [1.165, 1.54) is 21.6 Å². The first-order chi connectivity index (χ1) is 19.1. The van der Waals surface area contributed by atoms with Crippen LogP contribution in [0.5, 0.6) is 0 Å². The second-order valence-electron chi connectivity index (χ2n) is 10.3. The van der Waals surface area contributed by atoms with E-state index >= 15 is 0 Å². The number of hydrogen-bond acceptors (Lipinski definition) is 8. The molecule has 0 N–H and O–H groups in total. The van der Waals surface area contributed by atoms with Crippen LogP contribution in [-0.4, -0.2) is 66.5 Å². The molecule has 0 atom stereocenters. The van der Waals surface area contributed by atoms with Crippen LogP contribution in [0.15, 0.2) is 59.6 Å². The van der Waals surface area contributed by atoms with Gasteiger partial charge in [0.2, 0.25) is 0 Å². The smallest absolute Gasteiger partial charge is 0.146 e. The van der Waals surface area contributed by atoms with Gasteiger partial charge < -0.3 is 9.80 Å². The summed E-state index contributed by atoms with van der Waals surface area (Å²) in [7, 11) is 0. The molecular formula is C31H35N7S. The Bertz CT molecular complexity index is 1380. The van der Waals surface area contributed by atoms with E-state index in [9.17, 15) is 10.5 Å². The lowest BCUT2D eigenvalue weighted by Crippen LogP contribution is -2.44. The topological polar surface area (TPSA) is 73.4 Å². The summed E-state index contributed by atoms with van der Waals surface area (Å²) in [5, 5.41) is 19.0. The van der Waals surface area contributed by atoms with E-state index in [4.69, 9.17) is 0 Å². The van der Waals surface area contributed by atoms with E-state index in [0.717, 1.165) is 82.4 Å². The first-order valence-corrected chi connectivity index (χ1v) is 14.4. The Morgan fingerprint density at radius 2 is 1.54 bits per heavy atom. The van der Waals surface area contributed by atoms with Crippen LogP contribution in [0.4, 0.5) is 11.5 Å². The lowest BCUT2D eigenvalue weighted by molar-refractivity contribution is 0.284. The molecule has 2 aliphatic rings. The van der Waals surface area contributed by atoms with Gasteiger partial charge in [-0.05, 0) is 79.2 Å². The SMILES string of the molecule is Cc1cc(C)c(SN2CCN(c3ncccc3C#N)CC2)cc1CN1CCCN(c2ccccc2C#N)CC1. The molecule has 2 aromatic carbocycles. The van der Waals surface area contributed by atoms with Crippen molar-refractivity contribution in [2.45, 2.75) is 31.7 Å². The summed E-state index contributed by atoms with van der Waals surface area (Å²) in [6.45, 7) is 12.9. The predicted molar refractivity (Wildman–Crippen MR) is 158 cm³/mol. The molecule has 1 aromatic heterocycles. The van der Waals surface area contributed by atoms with Gasteiger partial charge in [-0.25, -0.2) is 9.29 Å². The minimum absolute atomic E-state index is 0.642. The van der Waals surface area contributed by atoms with Gasteiger partial charge in [0.25, 0.3) is 0 Å². The van der Waals surface area contributed by atoms with E-state index in [1.807, 2.05) is 42.3 Å². The zero-order valence-electron chi connectivity index (χ0n) is 22.8. The summed E-state index contributed by atoms with van der Waals surface area (Å²) in [6.07, 6.45) is 2.85. The Morgan fingerprint density at radius 1 is 0.795 bits per heavy atom. The minimum atomic E-state index is 0.642. The summed E-state index contributed by atoms with van der Waals surface area (Å²) < 4.78 is 2.43. The van der Waals surface area contributed by atoms with Gasteiger partial charge >= 0.3 is 0 Å². The number of aromatic nitrogens is 1. The second kappa shape index (κ2) is 12.5. The number of hydrogen-bond donors (Lipinski definition) is 0. The fourth-order valence-electron chi connectivity index (χ4n) is 5.46. The number of rotatable bonds is 6. The van der Waals surface area contributed by atoms with Crippen molar-refractivity contribution in [3.05, 3.63) is 82.5 Å². The van der Waals surface area contributed by atoms with Crippen molar-refractivity contribution in [2.75, 3.05) is 62.2 Å². The molecule has 0 radical (unpaired) electrons. The van der Waals surface area contributed by atoms with Gasteiger partial charge in [0.05, 0.1) is 16.8 Å². The molecule has 2 saturated heterocycles. The maximum atomic E-state index is 9.54. The van der Waals surface area contributed by atoms with E-state index in [0.29, 0.717) is 5.56 Å². The number of benzene rings is 2. The Balaban J connectivity index is 1.21. The van der Waals surface area contributed by atoms with Crippen molar-refractivity contribution < 1.29 is 0 Å². The molecule has 2 fully saturated rings.